The van der Waals surface area contributed by atoms with Crippen molar-refractivity contribution in [1.29, 1.82) is 0 Å². The number of benzene rings is 1. The van der Waals surface area contributed by atoms with E-state index < -0.39 is 18.5 Å². The van der Waals surface area contributed by atoms with Gasteiger partial charge >= 0.3 is 5.97 Å². The molecule has 9 heteroatoms. The molecule has 0 unspecified atom stereocenters. The second-order valence-electron chi connectivity index (χ2n) is 6.12. The van der Waals surface area contributed by atoms with Gasteiger partial charge in [-0.15, -0.1) is 11.3 Å². The van der Waals surface area contributed by atoms with E-state index in [2.05, 4.69) is 10.3 Å². The monoisotopic (exact) mass is 407 g/mol. The predicted molar refractivity (Wildman–Crippen MR) is 103 cm³/mol. The van der Waals surface area contributed by atoms with Crippen molar-refractivity contribution in [2.24, 2.45) is 0 Å². The summed E-state index contributed by atoms with van der Waals surface area (Å²) in [7, 11) is 0. The number of carbonyl (C=O) groups is 3. The Hall–Kier alpha value is -2.45. The second kappa shape index (κ2) is 8.49. The fourth-order valence-electron chi connectivity index (χ4n) is 2.56. The Kier molecular flexibility index (Phi) is 6.08. The van der Waals surface area contributed by atoms with Gasteiger partial charge in [0.25, 0.3) is 5.91 Å². The molecule has 1 aromatic heterocycles. The van der Waals surface area contributed by atoms with E-state index in [9.17, 15) is 14.4 Å². The van der Waals surface area contributed by atoms with Gasteiger partial charge in [-0.2, -0.15) is 0 Å². The highest BCUT2D eigenvalue weighted by Crippen LogP contribution is 2.25. The second-order valence-corrected chi connectivity index (χ2v) is 7.36. The fraction of sp³-hybridized carbons (Fsp3) is 0.333. The third-order valence-electron chi connectivity index (χ3n) is 3.99. The summed E-state index contributed by atoms with van der Waals surface area (Å²) >= 11 is 7.32. The Morgan fingerprint density at radius 1 is 1.41 bits per heavy atom. The Bertz CT molecular complexity index is 883. The van der Waals surface area contributed by atoms with Crippen molar-refractivity contribution in [2.45, 2.75) is 26.2 Å². The highest BCUT2D eigenvalue weighted by Gasteiger charge is 2.24. The molecular weight excluding hydrogens is 390 g/mol. The van der Waals surface area contributed by atoms with Crippen LogP contribution in [-0.2, 0) is 25.5 Å². The lowest BCUT2D eigenvalue weighted by atomic mass is 10.2. The van der Waals surface area contributed by atoms with Gasteiger partial charge in [0.15, 0.2) is 11.7 Å². The van der Waals surface area contributed by atoms with E-state index in [0.29, 0.717) is 34.5 Å². The molecule has 0 radical (unpaired) electrons. The molecule has 1 saturated heterocycles. The van der Waals surface area contributed by atoms with E-state index >= 15 is 0 Å². The van der Waals surface area contributed by atoms with Crippen molar-refractivity contribution < 1.29 is 19.1 Å². The van der Waals surface area contributed by atoms with Crippen LogP contribution in [0.2, 0.25) is 5.02 Å². The molecule has 0 spiro atoms. The van der Waals surface area contributed by atoms with Gasteiger partial charge in [0, 0.05) is 29.1 Å². The summed E-state index contributed by atoms with van der Waals surface area (Å²) in [5.41, 5.74) is 1.95. The standard InChI is InChI=1S/C18H18ClN3O4S/c1-11-4-5-12(7-14(11)19)20-15(23)9-26-17(25)8-13-10-27-18(21-13)22-6-2-3-16(22)24/h4-5,7,10H,2-3,6,8-9H2,1H3,(H,20,23). The van der Waals surface area contributed by atoms with Crippen LogP contribution in [0.25, 0.3) is 0 Å². The quantitative estimate of drug-likeness (QED) is 0.743. The Morgan fingerprint density at radius 3 is 2.93 bits per heavy atom. The Morgan fingerprint density at radius 2 is 2.22 bits per heavy atom. The highest BCUT2D eigenvalue weighted by atomic mass is 35.5. The molecule has 27 heavy (non-hydrogen) atoms. The summed E-state index contributed by atoms with van der Waals surface area (Å²) in [5.74, 6) is -0.965. The SMILES string of the molecule is Cc1ccc(NC(=O)COC(=O)Cc2csc(N3CCCC3=O)n2)cc1Cl. The van der Waals surface area contributed by atoms with Crippen LogP contribution in [0.3, 0.4) is 0 Å². The maximum absolute atomic E-state index is 11.9. The van der Waals surface area contributed by atoms with E-state index in [1.54, 1.807) is 28.5 Å². The van der Waals surface area contributed by atoms with Crippen molar-refractivity contribution in [2.75, 3.05) is 23.4 Å². The number of thiazole rings is 1. The topological polar surface area (TPSA) is 88.6 Å². The Labute approximate surface area is 165 Å². The number of halogens is 1. The number of esters is 1. The fourth-order valence-corrected chi connectivity index (χ4v) is 3.61. The number of hydrogen-bond donors (Lipinski definition) is 1. The van der Waals surface area contributed by atoms with Crippen LogP contribution in [0, 0.1) is 6.92 Å². The zero-order chi connectivity index (χ0) is 19.4. The first kappa shape index (κ1) is 19.3. The maximum Gasteiger partial charge on any atom is 0.312 e. The molecule has 1 aromatic carbocycles. The van der Waals surface area contributed by atoms with Crippen LogP contribution in [-0.4, -0.2) is 35.9 Å². The van der Waals surface area contributed by atoms with Gasteiger partial charge in [-0.3, -0.25) is 19.3 Å². The average Bonchev–Trinajstić information content (AvgIpc) is 3.25. The van der Waals surface area contributed by atoms with E-state index in [-0.39, 0.29) is 12.3 Å². The number of aryl methyl sites for hydroxylation is 1. The van der Waals surface area contributed by atoms with Crippen LogP contribution < -0.4 is 10.2 Å². The first-order valence-corrected chi connectivity index (χ1v) is 9.64. The number of amides is 2. The lowest BCUT2D eigenvalue weighted by Crippen LogP contribution is -2.23. The molecule has 0 atom stereocenters. The summed E-state index contributed by atoms with van der Waals surface area (Å²) in [6.45, 7) is 2.12. The zero-order valence-corrected chi connectivity index (χ0v) is 16.2. The minimum Gasteiger partial charge on any atom is -0.455 e. The molecule has 142 valence electrons. The first-order valence-electron chi connectivity index (χ1n) is 8.39. The van der Waals surface area contributed by atoms with Crippen molar-refractivity contribution in [3.8, 4) is 0 Å². The van der Waals surface area contributed by atoms with Gasteiger partial charge in [-0.05, 0) is 31.0 Å². The first-order chi connectivity index (χ1) is 12.9. The van der Waals surface area contributed by atoms with Gasteiger partial charge in [-0.1, -0.05) is 17.7 Å². The third-order valence-corrected chi connectivity index (χ3v) is 5.31. The van der Waals surface area contributed by atoms with Crippen molar-refractivity contribution in [1.82, 2.24) is 4.98 Å². The molecule has 1 aliphatic rings. The van der Waals surface area contributed by atoms with E-state index in [1.165, 1.54) is 11.3 Å². The third kappa shape index (κ3) is 5.05. The molecule has 3 rings (SSSR count). The van der Waals surface area contributed by atoms with Crippen molar-refractivity contribution in [3.05, 3.63) is 39.9 Å². The molecule has 2 aromatic rings. The van der Waals surface area contributed by atoms with Crippen LogP contribution in [0.4, 0.5) is 10.8 Å². The van der Waals surface area contributed by atoms with E-state index in [0.717, 1.165) is 12.0 Å². The molecule has 2 amide bonds. The summed E-state index contributed by atoms with van der Waals surface area (Å²) in [5, 5.41) is 5.47. The van der Waals surface area contributed by atoms with Gasteiger partial charge in [-0.25, -0.2) is 4.98 Å². The molecule has 0 saturated carbocycles. The molecule has 0 bridgehead atoms. The number of aromatic nitrogens is 1. The lowest BCUT2D eigenvalue weighted by molar-refractivity contribution is -0.146. The maximum atomic E-state index is 11.9. The van der Waals surface area contributed by atoms with E-state index in [1.807, 2.05) is 6.92 Å². The van der Waals surface area contributed by atoms with Crippen LogP contribution in [0.1, 0.15) is 24.1 Å². The predicted octanol–water partition coefficient (Wildman–Crippen LogP) is 2.96. The summed E-state index contributed by atoms with van der Waals surface area (Å²) in [4.78, 5) is 41.5. The normalized spacial score (nSPS) is 13.7. The number of rotatable bonds is 6. The minimum atomic E-state index is -0.559. The lowest BCUT2D eigenvalue weighted by Gasteiger charge is -2.10. The molecule has 1 aliphatic heterocycles. The van der Waals surface area contributed by atoms with Gasteiger partial charge in [0.1, 0.15) is 0 Å². The summed E-state index contributed by atoms with van der Waals surface area (Å²) in [6.07, 6.45) is 1.29. The summed E-state index contributed by atoms with van der Waals surface area (Å²) < 4.78 is 4.99. The van der Waals surface area contributed by atoms with Crippen LogP contribution in [0.5, 0.6) is 0 Å². The van der Waals surface area contributed by atoms with Gasteiger partial charge in [0.2, 0.25) is 5.91 Å². The highest BCUT2D eigenvalue weighted by molar-refractivity contribution is 7.14. The van der Waals surface area contributed by atoms with Gasteiger partial charge < -0.3 is 10.1 Å². The Balaban J connectivity index is 1.46. The number of anilines is 2. The molecule has 2 heterocycles. The molecule has 7 nitrogen and oxygen atoms in total. The number of ether oxygens (including phenoxy) is 1. The van der Waals surface area contributed by atoms with Crippen LogP contribution in [0.15, 0.2) is 23.6 Å². The van der Waals surface area contributed by atoms with Gasteiger partial charge in [0.05, 0.1) is 12.1 Å². The molecular formula is C18H18ClN3O4S. The molecule has 1 N–H and O–H groups in total. The van der Waals surface area contributed by atoms with Crippen LogP contribution >= 0.6 is 22.9 Å². The molecule has 0 aliphatic carbocycles. The smallest absolute Gasteiger partial charge is 0.312 e. The number of nitrogens with zero attached hydrogens (tertiary/aromatic N) is 2. The number of hydrogen-bond acceptors (Lipinski definition) is 6. The number of carbonyl (C=O) groups excluding carboxylic acids is 3. The molecule has 1 fully saturated rings. The van der Waals surface area contributed by atoms with Crippen molar-refractivity contribution >= 4 is 51.5 Å². The minimum absolute atomic E-state index is 0.0476. The van der Waals surface area contributed by atoms with Crippen molar-refractivity contribution in [3.63, 3.8) is 0 Å². The average molecular weight is 408 g/mol. The zero-order valence-electron chi connectivity index (χ0n) is 14.7. The summed E-state index contributed by atoms with van der Waals surface area (Å²) in [6, 6.07) is 5.14. The largest absolute Gasteiger partial charge is 0.455 e. The van der Waals surface area contributed by atoms with E-state index in [4.69, 9.17) is 16.3 Å². The number of nitrogens with one attached hydrogen (secondary N) is 1.